The van der Waals surface area contributed by atoms with Crippen LogP contribution in [0.3, 0.4) is 0 Å². The van der Waals surface area contributed by atoms with E-state index in [1.54, 1.807) is 18.2 Å². The Morgan fingerprint density at radius 2 is 1.69 bits per heavy atom. The summed E-state index contributed by atoms with van der Waals surface area (Å²) in [6.07, 6.45) is 8.13. The Bertz CT molecular complexity index is 725. The topological polar surface area (TPSA) is 76.7 Å². The predicted octanol–water partition coefficient (Wildman–Crippen LogP) is 2.78. The number of benzene rings is 1. The third-order valence-electron chi connectivity index (χ3n) is 6.66. The van der Waals surface area contributed by atoms with Crippen molar-refractivity contribution in [1.29, 1.82) is 0 Å². The third kappa shape index (κ3) is 2.72. The van der Waals surface area contributed by atoms with Crippen LogP contribution >= 0.6 is 0 Å². The summed E-state index contributed by atoms with van der Waals surface area (Å²) < 4.78 is 10.6. The van der Waals surface area contributed by atoms with Crippen LogP contribution in [-0.2, 0) is 4.79 Å². The largest absolute Gasteiger partial charge is 0.454 e. The summed E-state index contributed by atoms with van der Waals surface area (Å²) in [6.45, 7) is 0.109. The minimum Gasteiger partial charge on any atom is -0.454 e. The zero-order valence-corrected chi connectivity index (χ0v) is 14.8. The molecule has 0 atom stereocenters. The van der Waals surface area contributed by atoms with Crippen LogP contribution in [0.25, 0.3) is 0 Å². The number of para-hydroxylation sites is 1. The van der Waals surface area contributed by atoms with Crippen molar-refractivity contribution >= 4 is 11.8 Å². The second kappa shape index (κ2) is 5.89. The van der Waals surface area contributed by atoms with E-state index in [2.05, 4.69) is 10.9 Å². The molecule has 5 aliphatic rings. The number of nitrogens with one attached hydrogen (secondary N) is 2. The monoisotopic (exact) mass is 356 g/mol. The molecule has 1 heterocycles. The van der Waals surface area contributed by atoms with Crippen molar-refractivity contribution in [3.8, 4) is 11.5 Å². The van der Waals surface area contributed by atoms with Gasteiger partial charge in [0.1, 0.15) is 0 Å². The molecule has 6 heteroatoms. The molecular formula is C20H24N2O4. The lowest BCUT2D eigenvalue weighted by Gasteiger charge is -2.56. The molecule has 6 nitrogen and oxygen atoms in total. The van der Waals surface area contributed by atoms with Crippen molar-refractivity contribution in [3.05, 3.63) is 23.8 Å². The third-order valence-corrected chi connectivity index (χ3v) is 6.66. The summed E-state index contributed by atoms with van der Waals surface area (Å²) in [4.78, 5) is 24.9. The standard InChI is InChI=1S/C20H24N2O4/c23-17(10-20-7-12-4-13(8-20)6-14(5-12)9-20)21-22-19(24)15-2-1-3-16-18(15)26-11-25-16/h1-3,12-14H,4-11H2,(H,21,23)(H,22,24). The maximum atomic E-state index is 12.5. The van der Waals surface area contributed by atoms with Gasteiger partial charge in [-0.25, -0.2) is 0 Å². The van der Waals surface area contributed by atoms with Gasteiger partial charge < -0.3 is 9.47 Å². The van der Waals surface area contributed by atoms with Gasteiger partial charge in [0, 0.05) is 6.42 Å². The van der Waals surface area contributed by atoms with Crippen molar-refractivity contribution < 1.29 is 19.1 Å². The number of carbonyl (C=O) groups is 2. The summed E-state index contributed by atoms with van der Waals surface area (Å²) in [5, 5.41) is 0. The van der Waals surface area contributed by atoms with Crippen molar-refractivity contribution in [3.63, 3.8) is 0 Å². The van der Waals surface area contributed by atoms with Gasteiger partial charge in [-0.15, -0.1) is 0 Å². The van der Waals surface area contributed by atoms with E-state index in [0.29, 0.717) is 23.5 Å². The van der Waals surface area contributed by atoms with Gasteiger partial charge in [0.05, 0.1) is 5.56 Å². The molecule has 4 bridgehead atoms. The van der Waals surface area contributed by atoms with Gasteiger partial charge in [-0.3, -0.25) is 20.4 Å². The quantitative estimate of drug-likeness (QED) is 0.817. The molecule has 4 fully saturated rings. The maximum Gasteiger partial charge on any atom is 0.273 e. The van der Waals surface area contributed by atoms with Gasteiger partial charge in [-0.1, -0.05) is 6.07 Å². The number of carbonyl (C=O) groups excluding carboxylic acids is 2. The van der Waals surface area contributed by atoms with Crippen LogP contribution in [0.2, 0.25) is 0 Å². The summed E-state index contributed by atoms with van der Waals surface area (Å²) in [5.41, 5.74) is 5.68. The molecule has 26 heavy (non-hydrogen) atoms. The molecule has 0 saturated heterocycles. The van der Waals surface area contributed by atoms with Crippen LogP contribution in [-0.4, -0.2) is 18.6 Å². The van der Waals surface area contributed by atoms with Crippen LogP contribution in [0.5, 0.6) is 11.5 Å². The van der Waals surface area contributed by atoms with E-state index in [1.165, 1.54) is 38.5 Å². The van der Waals surface area contributed by atoms with Crippen LogP contribution in [0, 0.1) is 23.2 Å². The van der Waals surface area contributed by atoms with Crippen molar-refractivity contribution in [2.45, 2.75) is 44.9 Å². The molecule has 0 unspecified atom stereocenters. The first-order valence-corrected chi connectivity index (χ1v) is 9.58. The van der Waals surface area contributed by atoms with Crippen LogP contribution in [0.15, 0.2) is 18.2 Å². The zero-order chi connectivity index (χ0) is 17.7. The van der Waals surface area contributed by atoms with Crippen molar-refractivity contribution in [2.24, 2.45) is 23.2 Å². The molecule has 1 aliphatic heterocycles. The first-order chi connectivity index (χ1) is 12.6. The highest BCUT2D eigenvalue weighted by Gasteiger charge is 2.51. The van der Waals surface area contributed by atoms with E-state index >= 15 is 0 Å². The average Bonchev–Trinajstić information content (AvgIpc) is 3.06. The Morgan fingerprint density at radius 3 is 2.38 bits per heavy atom. The number of rotatable bonds is 3. The molecule has 0 aromatic heterocycles. The molecule has 0 spiro atoms. The fourth-order valence-electron chi connectivity index (χ4n) is 6.19. The highest BCUT2D eigenvalue weighted by molar-refractivity contribution is 5.98. The Kier molecular flexibility index (Phi) is 3.62. The molecule has 0 radical (unpaired) electrons. The van der Waals surface area contributed by atoms with Crippen LogP contribution < -0.4 is 20.3 Å². The normalized spacial score (nSPS) is 33.2. The van der Waals surface area contributed by atoms with E-state index in [1.807, 2.05) is 0 Å². The summed E-state index contributed by atoms with van der Waals surface area (Å²) >= 11 is 0. The lowest BCUT2D eigenvalue weighted by atomic mass is 9.49. The molecule has 138 valence electrons. The van der Waals surface area contributed by atoms with Crippen LogP contribution in [0.4, 0.5) is 0 Å². The smallest absolute Gasteiger partial charge is 0.273 e. The second-order valence-electron chi connectivity index (χ2n) is 8.64. The van der Waals surface area contributed by atoms with E-state index in [-0.39, 0.29) is 24.0 Å². The Balaban J connectivity index is 1.21. The summed E-state index contributed by atoms with van der Waals surface area (Å²) in [5.74, 6) is 2.95. The van der Waals surface area contributed by atoms with Crippen LogP contribution in [0.1, 0.15) is 55.3 Å². The highest BCUT2D eigenvalue weighted by Crippen LogP contribution is 2.61. The van der Waals surface area contributed by atoms with Gasteiger partial charge in [0.15, 0.2) is 11.5 Å². The van der Waals surface area contributed by atoms with Crippen molar-refractivity contribution in [2.75, 3.05) is 6.79 Å². The molecule has 6 rings (SSSR count). The number of amides is 2. The molecular weight excluding hydrogens is 332 g/mol. The fourth-order valence-corrected chi connectivity index (χ4v) is 6.19. The number of hydrogen-bond donors (Lipinski definition) is 2. The first kappa shape index (κ1) is 16.0. The molecule has 1 aromatic rings. The Labute approximate surface area is 152 Å². The number of ether oxygens (including phenoxy) is 2. The summed E-state index contributed by atoms with van der Waals surface area (Å²) in [7, 11) is 0. The summed E-state index contributed by atoms with van der Waals surface area (Å²) in [6, 6.07) is 5.15. The first-order valence-electron chi connectivity index (χ1n) is 9.58. The highest BCUT2D eigenvalue weighted by atomic mass is 16.7. The molecule has 2 amide bonds. The lowest BCUT2D eigenvalue weighted by molar-refractivity contribution is -0.130. The van der Waals surface area contributed by atoms with Gasteiger partial charge >= 0.3 is 0 Å². The number of hydrazine groups is 1. The van der Waals surface area contributed by atoms with Gasteiger partial charge in [0.2, 0.25) is 12.7 Å². The molecule has 2 N–H and O–H groups in total. The van der Waals surface area contributed by atoms with Gasteiger partial charge in [0.25, 0.3) is 5.91 Å². The molecule has 4 aliphatic carbocycles. The molecule has 4 saturated carbocycles. The predicted molar refractivity (Wildman–Crippen MR) is 93.4 cm³/mol. The van der Waals surface area contributed by atoms with Gasteiger partial charge in [-0.05, 0) is 73.8 Å². The fraction of sp³-hybridized carbons (Fsp3) is 0.600. The second-order valence-corrected chi connectivity index (χ2v) is 8.64. The Hall–Kier alpha value is -2.24. The maximum absolute atomic E-state index is 12.5. The van der Waals surface area contributed by atoms with E-state index < -0.39 is 0 Å². The number of fused-ring (bicyclic) bond motifs is 1. The average molecular weight is 356 g/mol. The van der Waals surface area contributed by atoms with E-state index in [9.17, 15) is 9.59 Å². The molecule has 1 aromatic carbocycles. The minimum absolute atomic E-state index is 0.0926. The SMILES string of the molecule is O=C(CC12CC3CC(CC(C3)C1)C2)NNC(=O)c1cccc2c1OCO2. The van der Waals surface area contributed by atoms with E-state index in [4.69, 9.17) is 9.47 Å². The van der Waals surface area contributed by atoms with Crippen molar-refractivity contribution in [1.82, 2.24) is 10.9 Å². The van der Waals surface area contributed by atoms with E-state index in [0.717, 1.165) is 17.8 Å². The lowest BCUT2D eigenvalue weighted by Crippen LogP contribution is -2.50. The minimum atomic E-state index is -0.383. The Morgan fingerprint density at radius 1 is 1.00 bits per heavy atom. The van der Waals surface area contributed by atoms with Gasteiger partial charge in [-0.2, -0.15) is 0 Å². The number of hydrogen-bond acceptors (Lipinski definition) is 4. The zero-order valence-electron chi connectivity index (χ0n) is 14.8.